The van der Waals surface area contributed by atoms with Crippen LogP contribution in [0.5, 0.6) is 17.2 Å². The van der Waals surface area contributed by atoms with Crippen molar-refractivity contribution in [2.75, 3.05) is 13.9 Å². The molecule has 0 aliphatic carbocycles. The molecular weight excluding hydrogens is 446 g/mol. The summed E-state index contributed by atoms with van der Waals surface area (Å²) >= 11 is 8.55. The maximum absolute atomic E-state index is 12.0. The second kappa shape index (κ2) is 9.43. The molecule has 0 aromatic heterocycles. The molecule has 146 valence electrons. The zero-order valence-corrected chi connectivity index (χ0v) is 17.4. The number of halogens is 1. The van der Waals surface area contributed by atoms with Crippen molar-refractivity contribution in [2.45, 2.75) is 6.54 Å². The summed E-state index contributed by atoms with van der Waals surface area (Å²) < 4.78 is 16.8. The van der Waals surface area contributed by atoms with Gasteiger partial charge in [0, 0.05) is 22.7 Å². The topological polar surface area (TPSA) is 80.9 Å². The van der Waals surface area contributed by atoms with E-state index in [4.69, 9.17) is 26.4 Å². The van der Waals surface area contributed by atoms with Crippen LogP contribution in [0.25, 0.3) is 6.08 Å². The molecule has 0 atom stereocenters. The number of carbonyl (C=O) groups is 1. The first-order valence-corrected chi connectivity index (χ1v) is 9.49. The molecule has 7 nitrogen and oxygen atoms in total. The lowest BCUT2D eigenvalue weighted by atomic mass is 10.2. The van der Waals surface area contributed by atoms with E-state index in [0.717, 1.165) is 21.3 Å². The third-order valence-corrected chi connectivity index (χ3v) is 4.53. The number of hydrogen-bond acceptors (Lipinski definition) is 5. The number of thiocarbonyl (C=S) groups is 1. The zero-order chi connectivity index (χ0) is 19.9. The van der Waals surface area contributed by atoms with Crippen molar-refractivity contribution < 1.29 is 19.0 Å². The number of nitrogens with one attached hydrogen (secondary N) is 3. The van der Waals surface area contributed by atoms with Gasteiger partial charge in [-0.3, -0.25) is 15.6 Å². The number of hydrazine groups is 1. The van der Waals surface area contributed by atoms with Gasteiger partial charge in [0.1, 0.15) is 5.75 Å². The molecule has 28 heavy (non-hydrogen) atoms. The Morgan fingerprint density at radius 2 is 2.04 bits per heavy atom. The van der Waals surface area contributed by atoms with Crippen LogP contribution in [0.2, 0.25) is 0 Å². The van der Waals surface area contributed by atoms with Crippen LogP contribution >= 0.6 is 28.1 Å². The molecule has 0 bridgehead atoms. The Labute approximate surface area is 176 Å². The van der Waals surface area contributed by atoms with E-state index >= 15 is 0 Å². The van der Waals surface area contributed by atoms with Crippen molar-refractivity contribution in [1.82, 2.24) is 16.2 Å². The number of carbonyl (C=O) groups excluding carboxylic acids is 1. The number of fused-ring (bicyclic) bond motifs is 1. The third-order valence-electron chi connectivity index (χ3n) is 3.80. The standard InChI is InChI=1S/C19H18BrN3O4S/c1-25-15-6-4-14(20)9-13(15)3-7-18(24)22-23-19(28)21-10-12-2-5-16-17(8-12)27-11-26-16/h2-9H,10-11H2,1H3,(H,22,24)(H2,21,23,28). The van der Waals surface area contributed by atoms with E-state index in [1.165, 1.54) is 6.08 Å². The first kappa shape index (κ1) is 20.0. The van der Waals surface area contributed by atoms with Crippen LogP contribution < -0.4 is 30.4 Å². The lowest BCUT2D eigenvalue weighted by Crippen LogP contribution is -2.45. The number of rotatable bonds is 5. The molecule has 1 aliphatic rings. The summed E-state index contributed by atoms with van der Waals surface area (Å²) in [5.41, 5.74) is 6.91. The molecule has 2 aromatic rings. The Kier molecular flexibility index (Phi) is 6.72. The summed E-state index contributed by atoms with van der Waals surface area (Å²) in [5.74, 6) is 1.75. The van der Waals surface area contributed by atoms with Gasteiger partial charge >= 0.3 is 0 Å². The molecule has 1 aliphatic heterocycles. The molecule has 0 saturated carbocycles. The van der Waals surface area contributed by atoms with Gasteiger partial charge in [0.05, 0.1) is 7.11 Å². The van der Waals surface area contributed by atoms with Crippen LogP contribution in [0.1, 0.15) is 11.1 Å². The highest BCUT2D eigenvalue weighted by Crippen LogP contribution is 2.32. The summed E-state index contributed by atoms with van der Waals surface area (Å²) in [7, 11) is 1.58. The summed E-state index contributed by atoms with van der Waals surface area (Å²) in [5, 5.41) is 3.30. The quantitative estimate of drug-likeness (QED) is 0.357. The molecule has 0 saturated heterocycles. The number of amides is 1. The van der Waals surface area contributed by atoms with Gasteiger partial charge in [-0.25, -0.2) is 0 Å². The highest BCUT2D eigenvalue weighted by atomic mass is 79.9. The summed E-state index contributed by atoms with van der Waals surface area (Å²) in [6.07, 6.45) is 3.04. The number of hydrogen-bond donors (Lipinski definition) is 3. The highest BCUT2D eigenvalue weighted by Gasteiger charge is 2.13. The molecular formula is C19H18BrN3O4S. The zero-order valence-electron chi connectivity index (χ0n) is 15.0. The molecule has 0 spiro atoms. The van der Waals surface area contributed by atoms with E-state index in [0.29, 0.717) is 23.2 Å². The van der Waals surface area contributed by atoms with Crippen LogP contribution in [-0.2, 0) is 11.3 Å². The van der Waals surface area contributed by atoms with Gasteiger partial charge in [-0.1, -0.05) is 22.0 Å². The minimum absolute atomic E-state index is 0.234. The van der Waals surface area contributed by atoms with Crippen LogP contribution in [0.15, 0.2) is 46.9 Å². The Morgan fingerprint density at radius 1 is 1.21 bits per heavy atom. The van der Waals surface area contributed by atoms with Gasteiger partial charge < -0.3 is 19.5 Å². The third kappa shape index (κ3) is 5.37. The lowest BCUT2D eigenvalue weighted by molar-refractivity contribution is -0.116. The largest absolute Gasteiger partial charge is 0.496 e. The SMILES string of the molecule is COc1ccc(Br)cc1C=CC(=O)NNC(=S)NCc1ccc2c(c1)OCO2. The fourth-order valence-corrected chi connectivity index (χ4v) is 2.94. The first-order chi connectivity index (χ1) is 13.5. The Bertz CT molecular complexity index is 920. The van der Waals surface area contributed by atoms with Crippen molar-refractivity contribution >= 4 is 45.2 Å². The molecule has 1 amide bonds. The van der Waals surface area contributed by atoms with E-state index in [1.54, 1.807) is 13.2 Å². The van der Waals surface area contributed by atoms with Gasteiger partial charge in [-0.15, -0.1) is 0 Å². The molecule has 0 radical (unpaired) electrons. The smallest absolute Gasteiger partial charge is 0.262 e. The molecule has 3 N–H and O–H groups in total. The van der Waals surface area contributed by atoms with Crippen LogP contribution in [-0.4, -0.2) is 24.9 Å². The van der Waals surface area contributed by atoms with E-state index in [-0.39, 0.29) is 12.7 Å². The van der Waals surface area contributed by atoms with E-state index < -0.39 is 0 Å². The fourth-order valence-electron chi connectivity index (χ4n) is 2.44. The van der Waals surface area contributed by atoms with Gasteiger partial charge in [-0.05, 0) is 54.2 Å². The van der Waals surface area contributed by atoms with E-state index in [1.807, 2.05) is 36.4 Å². The maximum atomic E-state index is 12.0. The number of benzene rings is 2. The molecule has 3 rings (SSSR count). The molecule has 9 heteroatoms. The average molecular weight is 464 g/mol. The summed E-state index contributed by atoms with van der Waals surface area (Å²) in [6, 6.07) is 11.2. The minimum Gasteiger partial charge on any atom is -0.496 e. The number of ether oxygens (including phenoxy) is 3. The fraction of sp³-hybridized carbons (Fsp3) is 0.158. The second-order valence-corrected chi connectivity index (χ2v) is 7.03. The Balaban J connectivity index is 1.45. The van der Waals surface area contributed by atoms with Gasteiger partial charge in [-0.2, -0.15) is 0 Å². The van der Waals surface area contributed by atoms with E-state index in [2.05, 4.69) is 32.1 Å². The van der Waals surface area contributed by atoms with Crippen LogP contribution in [0.3, 0.4) is 0 Å². The van der Waals surface area contributed by atoms with Gasteiger partial charge in [0.2, 0.25) is 6.79 Å². The number of methoxy groups -OCH3 is 1. The first-order valence-electron chi connectivity index (χ1n) is 8.29. The Morgan fingerprint density at radius 3 is 2.86 bits per heavy atom. The van der Waals surface area contributed by atoms with Crippen molar-refractivity contribution in [2.24, 2.45) is 0 Å². The second-order valence-electron chi connectivity index (χ2n) is 5.70. The van der Waals surface area contributed by atoms with Gasteiger partial charge in [0.15, 0.2) is 16.6 Å². The predicted molar refractivity (Wildman–Crippen MR) is 113 cm³/mol. The molecule has 1 heterocycles. The summed E-state index contributed by atoms with van der Waals surface area (Å²) in [6.45, 7) is 0.709. The van der Waals surface area contributed by atoms with Crippen molar-refractivity contribution in [1.29, 1.82) is 0 Å². The van der Waals surface area contributed by atoms with Crippen LogP contribution in [0.4, 0.5) is 0 Å². The molecule has 0 unspecified atom stereocenters. The van der Waals surface area contributed by atoms with Crippen molar-refractivity contribution in [3.8, 4) is 17.2 Å². The molecule has 0 fully saturated rings. The summed E-state index contributed by atoms with van der Waals surface area (Å²) in [4.78, 5) is 12.0. The normalized spacial score (nSPS) is 11.9. The lowest BCUT2D eigenvalue weighted by Gasteiger charge is -2.11. The maximum Gasteiger partial charge on any atom is 0.262 e. The van der Waals surface area contributed by atoms with Gasteiger partial charge in [0.25, 0.3) is 5.91 Å². The van der Waals surface area contributed by atoms with Crippen LogP contribution in [0, 0.1) is 0 Å². The minimum atomic E-state index is -0.353. The van der Waals surface area contributed by atoms with E-state index in [9.17, 15) is 4.79 Å². The van der Waals surface area contributed by atoms with Crippen molar-refractivity contribution in [3.05, 3.63) is 58.1 Å². The average Bonchev–Trinajstić information content (AvgIpc) is 3.17. The predicted octanol–water partition coefficient (Wildman–Crippen LogP) is 2.90. The monoisotopic (exact) mass is 463 g/mol. The Hall–Kier alpha value is -2.78. The molecule has 2 aromatic carbocycles. The highest BCUT2D eigenvalue weighted by molar-refractivity contribution is 9.10. The van der Waals surface area contributed by atoms with Crippen molar-refractivity contribution in [3.63, 3.8) is 0 Å².